The number of nitrogens with one attached hydrogen (secondary N) is 1. The zero-order valence-corrected chi connectivity index (χ0v) is 10.4. The lowest BCUT2D eigenvalue weighted by molar-refractivity contribution is -0.137. The van der Waals surface area contributed by atoms with E-state index in [0.29, 0.717) is 0 Å². The minimum atomic E-state index is -4.15. The largest absolute Gasteiger partial charge is 0.481 e. The second-order valence-electron chi connectivity index (χ2n) is 3.61. The third-order valence-electron chi connectivity index (χ3n) is 2.21. The number of halogens is 1. The van der Waals surface area contributed by atoms with Gasteiger partial charge in [-0.1, -0.05) is 6.92 Å². The Bertz CT molecular complexity index is 532. The molecule has 0 fully saturated rings. The van der Waals surface area contributed by atoms with Crippen LogP contribution in [0.4, 0.5) is 4.39 Å². The fourth-order valence-corrected chi connectivity index (χ4v) is 2.65. The number of pyridine rings is 1. The van der Waals surface area contributed by atoms with Crippen LogP contribution in [0, 0.1) is 5.82 Å². The second kappa shape index (κ2) is 5.87. The van der Waals surface area contributed by atoms with Crippen LogP contribution in [0.25, 0.3) is 0 Å². The van der Waals surface area contributed by atoms with Gasteiger partial charge in [0.1, 0.15) is 0 Å². The van der Waals surface area contributed by atoms with Crippen LogP contribution < -0.4 is 4.72 Å². The van der Waals surface area contributed by atoms with E-state index in [-0.39, 0.29) is 12.8 Å². The van der Waals surface area contributed by atoms with E-state index >= 15 is 0 Å². The van der Waals surface area contributed by atoms with Crippen molar-refractivity contribution in [3.05, 3.63) is 24.1 Å². The standard InChI is InChI=1S/C10H13FN2O4S/c1-2-7(6-9(14)15)13-18(16,17)10-8(11)4-3-5-12-10/h3-5,7,13H,2,6H2,1H3,(H,14,15). The first-order valence-corrected chi connectivity index (χ1v) is 6.69. The molecule has 0 saturated heterocycles. The lowest BCUT2D eigenvalue weighted by Gasteiger charge is -2.14. The maximum absolute atomic E-state index is 13.3. The molecule has 0 amide bonds. The Hall–Kier alpha value is -1.54. The Morgan fingerprint density at radius 2 is 2.28 bits per heavy atom. The number of carbonyl (C=O) groups is 1. The monoisotopic (exact) mass is 276 g/mol. The first-order valence-electron chi connectivity index (χ1n) is 5.21. The van der Waals surface area contributed by atoms with Gasteiger partial charge in [-0.2, -0.15) is 0 Å². The molecule has 1 unspecified atom stereocenters. The van der Waals surface area contributed by atoms with Crippen LogP contribution in [-0.2, 0) is 14.8 Å². The number of aromatic nitrogens is 1. The number of rotatable bonds is 6. The van der Waals surface area contributed by atoms with Crippen molar-refractivity contribution in [2.24, 2.45) is 0 Å². The molecule has 0 radical (unpaired) electrons. The van der Waals surface area contributed by atoms with E-state index in [9.17, 15) is 17.6 Å². The van der Waals surface area contributed by atoms with E-state index in [1.54, 1.807) is 6.92 Å². The molecule has 0 bridgehead atoms. The van der Waals surface area contributed by atoms with E-state index in [0.717, 1.165) is 12.3 Å². The minimum absolute atomic E-state index is 0.278. The summed E-state index contributed by atoms with van der Waals surface area (Å²) in [7, 11) is -4.15. The summed E-state index contributed by atoms with van der Waals surface area (Å²) < 4.78 is 39.0. The summed E-state index contributed by atoms with van der Waals surface area (Å²) >= 11 is 0. The smallest absolute Gasteiger partial charge is 0.304 e. The molecular formula is C10H13FN2O4S. The predicted octanol–water partition coefficient (Wildman–Crippen LogP) is 0.752. The van der Waals surface area contributed by atoms with Gasteiger partial charge in [0.2, 0.25) is 5.03 Å². The van der Waals surface area contributed by atoms with Crippen molar-refractivity contribution in [2.75, 3.05) is 0 Å². The van der Waals surface area contributed by atoms with E-state index in [2.05, 4.69) is 9.71 Å². The lowest BCUT2D eigenvalue weighted by Crippen LogP contribution is -2.36. The fraction of sp³-hybridized carbons (Fsp3) is 0.400. The molecule has 0 spiro atoms. The van der Waals surface area contributed by atoms with Gasteiger partial charge in [0, 0.05) is 12.2 Å². The van der Waals surface area contributed by atoms with Crippen molar-refractivity contribution >= 4 is 16.0 Å². The molecule has 0 aliphatic heterocycles. The van der Waals surface area contributed by atoms with Crippen LogP contribution in [0.1, 0.15) is 19.8 Å². The summed E-state index contributed by atoms with van der Waals surface area (Å²) in [5.74, 6) is -2.11. The highest BCUT2D eigenvalue weighted by Gasteiger charge is 2.24. The summed E-state index contributed by atoms with van der Waals surface area (Å²) in [4.78, 5) is 14.0. The molecule has 0 saturated carbocycles. The molecule has 0 aliphatic carbocycles. The van der Waals surface area contributed by atoms with E-state index in [1.807, 2.05) is 0 Å². The highest BCUT2D eigenvalue weighted by molar-refractivity contribution is 7.89. The second-order valence-corrected chi connectivity index (χ2v) is 5.24. The summed E-state index contributed by atoms with van der Waals surface area (Å²) in [5, 5.41) is 7.88. The number of hydrogen-bond acceptors (Lipinski definition) is 4. The number of nitrogens with zero attached hydrogens (tertiary/aromatic N) is 1. The van der Waals surface area contributed by atoms with Crippen LogP contribution >= 0.6 is 0 Å². The van der Waals surface area contributed by atoms with Gasteiger partial charge in [0.25, 0.3) is 10.0 Å². The molecule has 1 atom stereocenters. The molecule has 0 aromatic carbocycles. The van der Waals surface area contributed by atoms with Gasteiger partial charge in [-0.25, -0.2) is 22.5 Å². The van der Waals surface area contributed by atoms with Crippen molar-refractivity contribution in [1.82, 2.24) is 9.71 Å². The zero-order chi connectivity index (χ0) is 13.8. The number of aliphatic carboxylic acids is 1. The third-order valence-corrected chi connectivity index (χ3v) is 3.67. The molecule has 1 heterocycles. The summed E-state index contributed by atoms with van der Waals surface area (Å²) in [6, 6.07) is 1.44. The fourth-order valence-electron chi connectivity index (χ4n) is 1.32. The Morgan fingerprint density at radius 3 is 2.78 bits per heavy atom. The Morgan fingerprint density at radius 1 is 1.61 bits per heavy atom. The molecule has 1 aromatic rings. The molecule has 0 aliphatic rings. The summed E-state index contributed by atoms with van der Waals surface area (Å²) in [5.41, 5.74) is 0. The molecule has 8 heteroatoms. The van der Waals surface area contributed by atoms with E-state index in [1.165, 1.54) is 6.07 Å². The average Bonchev–Trinajstić information content (AvgIpc) is 2.27. The van der Waals surface area contributed by atoms with Crippen LogP contribution in [0.3, 0.4) is 0 Å². The minimum Gasteiger partial charge on any atom is -0.481 e. The Labute approximate surface area is 104 Å². The Kier molecular flexibility index (Phi) is 4.74. The van der Waals surface area contributed by atoms with Crippen LogP contribution in [0.2, 0.25) is 0 Å². The first kappa shape index (κ1) is 14.5. The first-order chi connectivity index (χ1) is 8.36. The topological polar surface area (TPSA) is 96.4 Å². The Balaban J connectivity index is 2.94. The van der Waals surface area contributed by atoms with Crippen molar-refractivity contribution in [3.63, 3.8) is 0 Å². The van der Waals surface area contributed by atoms with Crippen LogP contribution in [-0.4, -0.2) is 30.5 Å². The van der Waals surface area contributed by atoms with Gasteiger partial charge in [0.15, 0.2) is 5.82 Å². The number of carboxylic acid groups (broad SMARTS) is 1. The highest BCUT2D eigenvalue weighted by Crippen LogP contribution is 2.12. The maximum Gasteiger partial charge on any atom is 0.304 e. The third kappa shape index (κ3) is 3.74. The molecule has 6 nitrogen and oxygen atoms in total. The molecule has 1 aromatic heterocycles. The quantitative estimate of drug-likeness (QED) is 0.799. The highest BCUT2D eigenvalue weighted by atomic mass is 32.2. The van der Waals surface area contributed by atoms with Gasteiger partial charge in [-0.15, -0.1) is 0 Å². The SMILES string of the molecule is CCC(CC(=O)O)NS(=O)(=O)c1ncccc1F. The van der Waals surface area contributed by atoms with Crippen LogP contribution in [0.5, 0.6) is 0 Å². The van der Waals surface area contributed by atoms with Crippen molar-refractivity contribution in [3.8, 4) is 0 Å². The molecule has 100 valence electrons. The van der Waals surface area contributed by atoms with Gasteiger partial charge >= 0.3 is 5.97 Å². The molecule has 1 rings (SSSR count). The zero-order valence-electron chi connectivity index (χ0n) is 9.63. The number of sulfonamides is 1. The summed E-state index contributed by atoms with van der Waals surface area (Å²) in [6.45, 7) is 1.63. The molecular weight excluding hydrogens is 263 g/mol. The van der Waals surface area contributed by atoms with Crippen molar-refractivity contribution in [1.29, 1.82) is 0 Å². The predicted molar refractivity (Wildman–Crippen MR) is 60.8 cm³/mol. The van der Waals surface area contributed by atoms with E-state index in [4.69, 9.17) is 5.11 Å². The lowest BCUT2D eigenvalue weighted by atomic mass is 10.2. The van der Waals surface area contributed by atoms with E-state index < -0.39 is 32.9 Å². The van der Waals surface area contributed by atoms with Crippen molar-refractivity contribution in [2.45, 2.75) is 30.8 Å². The normalized spacial score (nSPS) is 13.2. The van der Waals surface area contributed by atoms with Gasteiger partial charge in [-0.3, -0.25) is 4.79 Å². The van der Waals surface area contributed by atoms with Crippen molar-refractivity contribution < 1.29 is 22.7 Å². The van der Waals surface area contributed by atoms with Gasteiger partial charge < -0.3 is 5.11 Å². The average molecular weight is 276 g/mol. The van der Waals surface area contributed by atoms with Gasteiger partial charge in [-0.05, 0) is 18.6 Å². The molecule has 18 heavy (non-hydrogen) atoms. The molecule has 2 N–H and O–H groups in total. The van der Waals surface area contributed by atoms with Crippen LogP contribution in [0.15, 0.2) is 23.4 Å². The number of hydrogen-bond donors (Lipinski definition) is 2. The maximum atomic E-state index is 13.3. The number of carboxylic acids is 1. The van der Waals surface area contributed by atoms with Gasteiger partial charge in [0.05, 0.1) is 6.42 Å². The summed E-state index contributed by atoms with van der Waals surface area (Å²) in [6.07, 6.45) is 1.06.